The minimum absolute atomic E-state index is 0.156. The number of aliphatic imine (C=N–C) groups is 1. The molecule has 0 aliphatic carbocycles. The van der Waals surface area contributed by atoms with Gasteiger partial charge in [0.2, 0.25) is 0 Å². The van der Waals surface area contributed by atoms with Crippen LogP contribution in [0.4, 0.5) is 0 Å². The lowest BCUT2D eigenvalue weighted by Gasteiger charge is -2.03. The lowest BCUT2D eigenvalue weighted by atomic mass is 10.2. The van der Waals surface area contributed by atoms with E-state index in [4.69, 9.17) is 4.74 Å². The second kappa shape index (κ2) is 10.7. The third kappa shape index (κ3) is 9.69. The lowest BCUT2D eigenvalue weighted by Crippen LogP contribution is -2.10. The molecule has 0 unspecified atom stereocenters. The number of esters is 1. The van der Waals surface area contributed by atoms with Crippen molar-refractivity contribution in [2.45, 2.75) is 59.3 Å². The molecule has 3 heteroatoms. The molecule has 0 rings (SSSR count). The monoisotopic (exact) mass is 227 g/mol. The van der Waals surface area contributed by atoms with Crippen LogP contribution in [0.5, 0.6) is 0 Å². The van der Waals surface area contributed by atoms with Crippen molar-refractivity contribution in [1.29, 1.82) is 0 Å². The molecular weight excluding hydrogens is 202 g/mol. The molecule has 16 heavy (non-hydrogen) atoms. The fraction of sp³-hybridized carbons (Fsp3) is 0.846. The van der Waals surface area contributed by atoms with Crippen LogP contribution in [-0.2, 0) is 9.53 Å². The Labute approximate surface area is 99.3 Å². The van der Waals surface area contributed by atoms with E-state index in [0.717, 1.165) is 25.1 Å². The summed E-state index contributed by atoms with van der Waals surface area (Å²) in [6.07, 6.45) is 6.08. The van der Waals surface area contributed by atoms with Crippen LogP contribution in [0, 0.1) is 0 Å². The summed E-state index contributed by atoms with van der Waals surface area (Å²) in [7, 11) is 0. The van der Waals surface area contributed by atoms with Crippen molar-refractivity contribution in [2.24, 2.45) is 4.99 Å². The van der Waals surface area contributed by atoms with Crippen molar-refractivity contribution in [3.05, 3.63) is 0 Å². The highest BCUT2D eigenvalue weighted by Crippen LogP contribution is 2.00. The Balaban J connectivity index is 3.57. The van der Waals surface area contributed by atoms with Gasteiger partial charge in [-0.15, -0.1) is 0 Å². The Morgan fingerprint density at radius 3 is 2.50 bits per heavy atom. The molecular formula is C13H25NO2. The van der Waals surface area contributed by atoms with Crippen molar-refractivity contribution in [3.63, 3.8) is 0 Å². The van der Waals surface area contributed by atoms with Crippen LogP contribution < -0.4 is 0 Å². The van der Waals surface area contributed by atoms with Crippen LogP contribution in [0.1, 0.15) is 59.3 Å². The highest BCUT2D eigenvalue weighted by molar-refractivity contribution is 5.97. The average molecular weight is 227 g/mol. The number of ether oxygens (including phenoxy) is 1. The molecule has 0 heterocycles. The largest absolute Gasteiger partial charge is 0.465 e. The molecule has 0 saturated heterocycles. The fourth-order valence-corrected chi connectivity index (χ4v) is 1.34. The van der Waals surface area contributed by atoms with E-state index in [9.17, 15) is 4.79 Å². The second-order valence-corrected chi connectivity index (χ2v) is 4.07. The molecule has 0 bridgehead atoms. The second-order valence-electron chi connectivity index (χ2n) is 4.07. The topological polar surface area (TPSA) is 38.7 Å². The van der Waals surface area contributed by atoms with Crippen LogP contribution in [0.25, 0.3) is 0 Å². The molecule has 0 aromatic carbocycles. The Hall–Kier alpha value is -0.860. The van der Waals surface area contributed by atoms with Gasteiger partial charge in [-0.2, -0.15) is 0 Å². The molecule has 0 N–H and O–H groups in total. The molecule has 0 atom stereocenters. The Morgan fingerprint density at radius 2 is 1.88 bits per heavy atom. The van der Waals surface area contributed by atoms with Gasteiger partial charge in [-0.3, -0.25) is 9.79 Å². The van der Waals surface area contributed by atoms with Crippen LogP contribution in [0.3, 0.4) is 0 Å². The SMILES string of the molecule is CCCCCCN=C(C)CC(=O)OCCC. The minimum Gasteiger partial charge on any atom is -0.465 e. The average Bonchev–Trinajstić information content (AvgIpc) is 2.26. The maximum atomic E-state index is 11.2. The van der Waals surface area contributed by atoms with E-state index in [-0.39, 0.29) is 5.97 Å². The van der Waals surface area contributed by atoms with Crippen LogP contribution in [0.15, 0.2) is 4.99 Å². The summed E-state index contributed by atoms with van der Waals surface area (Å²) in [6.45, 7) is 7.43. The molecule has 0 radical (unpaired) electrons. The molecule has 0 spiro atoms. The third-order valence-electron chi connectivity index (χ3n) is 2.26. The Morgan fingerprint density at radius 1 is 1.12 bits per heavy atom. The fourth-order valence-electron chi connectivity index (χ4n) is 1.34. The quantitative estimate of drug-likeness (QED) is 0.344. The molecule has 0 amide bonds. The Kier molecular flexibility index (Phi) is 10.1. The zero-order valence-electron chi connectivity index (χ0n) is 10.9. The number of unbranched alkanes of at least 4 members (excludes halogenated alkanes) is 3. The van der Waals surface area contributed by atoms with Gasteiger partial charge in [0.1, 0.15) is 0 Å². The first kappa shape index (κ1) is 15.1. The van der Waals surface area contributed by atoms with E-state index < -0.39 is 0 Å². The third-order valence-corrected chi connectivity index (χ3v) is 2.26. The van der Waals surface area contributed by atoms with Crippen LogP contribution >= 0.6 is 0 Å². The maximum absolute atomic E-state index is 11.2. The van der Waals surface area contributed by atoms with Crippen molar-refractivity contribution >= 4 is 11.7 Å². The zero-order valence-corrected chi connectivity index (χ0v) is 10.9. The van der Waals surface area contributed by atoms with Gasteiger partial charge < -0.3 is 4.74 Å². The highest BCUT2D eigenvalue weighted by atomic mass is 16.5. The number of carbonyl (C=O) groups excluding carboxylic acids is 1. The molecule has 0 aliphatic heterocycles. The van der Waals surface area contributed by atoms with Crippen molar-refractivity contribution in [2.75, 3.05) is 13.2 Å². The molecule has 0 aromatic heterocycles. The van der Waals surface area contributed by atoms with Gasteiger partial charge in [-0.05, 0) is 19.8 Å². The van der Waals surface area contributed by atoms with E-state index in [1.165, 1.54) is 19.3 Å². The van der Waals surface area contributed by atoms with Crippen molar-refractivity contribution in [1.82, 2.24) is 0 Å². The summed E-state index contributed by atoms with van der Waals surface area (Å²) < 4.78 is 4.99. The van der Waals surface area contributed by atoms with E-state index in [1.807, 2.05) is 13.8 Å². The first-order valence-electron chi connectivity index (χ1n) is 6.36. The van der Waals surface area contributed by atoms with Gasteiger partial charge in [0.15, 0.2) is 0 Å². The molecule has 0 fully saturated rings. The first-order chi connectivity index (χ1) is 7.70. The summed E-state index contributed by atoms with van der Waals surface area (Å²) in [5.41, 5.74) is 0.887. The summed E-state index contributed by atoms with van der Waals surface area (Å²) in [6, 6.07) is 0. The van der Waals surface area contributed by atoms with Crippen LogP contribution in [0.2, 0.25) is 0 Å². The van der Waals surface area contributed by atoms with Gasteiger partial charge in [0.25, 0.3) is 0 Å². The minimum atomic E-state index is -0.156. The number of carbonyl (C=O) groups is 1. The molecule has 0 aromatic rings. The van der Waals surface area contributed by atoms with Crippen molar-refractivity contribution in [3.8, 4) is 0 Å². The van der Waals surface area contributed by atoms with E-state index in [0.29, 0.717) is 13.0 Å². The van der Waals surface area contributed by atoms with Gasteiger partial charge in [-0.1, -0.05) is 33.1 Å². The molecule has 94 valence electrons. The summed E-state index contributed by atoms with van der Waals surface area (Å²) >= 11 is 0. The molecule has 0 saturated carbocycles. The van der Waals surface area contributed by atoms with E-state index >= 15 is 0 Å². The van der Waals surface area contributed by atoms with Gasteiger partial charge in [0, 0.05) is 12.3 Å². The maximum Gasteiger partial charge on any atom is 0.311 e. The van der Waals surface area contributed by atoms with Gasteiger partial charge >= 0.3 is 5.97 Å². The zero-order chi connectivity index (χ0) is 12.2. The smallest absolute Gasteiger partial charge is 0.311 e. The normalized spacial score (nSPS) is 11.6. The predicted octanol–water partition coefficient (Wildman–Crippen LogP) is 3.37. The lowest BCUT2D eigenvalue weighted by molar-refractivity contribution is -0.142. The van der Waals surface area contributed by atoms with Gasteiger partial charge in [0.05, 0.1) is 13.0 Å². The number of nitrogens with zero attached hydrogens (tertiary/aromatic N) is 1. The summed E-state index contributed by atoms with van der Waals surface area (Å²) in [5, 5.41) is 0. The molecule has 3 nitrogen and oxygen atoms in total. The van der Waals surface area contributed by atoms with Crippen molar-refractivity contribution < 1.29 is 9.53 Å². The standard InChI is InChI=1S/C13H25NO2/c1-4-6-7-8-9-14-12(3)11-13(15)16-10-5-2/h4-11H2,1-3H3. The number of hydrogen-bond acceptors (Lipinski definition) is 3. The highest BCUT2D eigenvalue weighted by Gasteiger charge is 2.03. The molecule has 0 aliphatic rings. The van der Waals surface area contributed by atoms with E-state index in [2.05, 4.69) is 11.9 Å². The summed E-state index contributed by atoms with van der Waals surface area (Å²) in [5.74, 6) is -0.156. The van der Waals surface area contributed by atoms with E-state index in [1.54, 1.807) is 0 Å². The number of rotatable bonds is 9. The Bertz CT molecular complexity index is 212. The number of hydrogen-bond donors (Lipinski definition) is 0. The predicted molar refractivity (Wildman–Crippen MR) is 68.0 cm³/mol. The first-order valence-corrected chi connectivity index (χ1v) is 6.36. The van der Waals surface area contributed by atoms with Gasteiger partial charge in [-0.25, -0.2) is 0 Å². The van der Waals surface area contributed by atoms with Crippen LogP contribution in [-0.4, -0.2) is 24.8 Å². The summed E-state index contributed by atoms with van der Waals surface area (Å²) in [4.78, 5) is 15.6.